The van der Waals surface area contributed by atoms with Crippen molar-refractivity contribution in [1.82, 2.24) is 0 Å². The molecular weight excluding hydrogens is 605 g/mol. The Labute approximate surface area is 253 Å². The third kappa shape index (κ3) is 5.02. The van der Waals surface area contributed by atoms with Crippen LogP contribution < -0.4 is 30.0 Å². The topological polar surface area (TPSA) is 12.4 Å². The van der Waals surface area contributed by atoms with Crippen LogP contribution in [0.5, 0.6) is 0 Å². The Hall–Kier alpha value is -1.03. The smallest absolute Gasteiger partial charge is 0.116 e. The predicted molar refractivity (Wildman–Crippen MR) is 154 cm³/mol. The van der Waals surface area contributed by atoms with Crippen LogP contribution in [0.15, 0.2) is 86.8 Å². The number of allylic oxidation sites excluding steroid dienone is 6. The third-order valence-electron chi connectivity index (χ3n) is 8.03. The van der Waals surface area contributed by atoms with Crippen LogP contribution in [0, 0.1) is 5.92 Å². The first kappa shape index (κ1) is 30.5. The first-order chi connectivity index (χ1) is 16.4. The summed E-state index contributed by atoms with van der Waals surface area (Å²) in [6.07, 6.45) is 6.56. The molecule has 1 unspecified atom stereocenters. The standard InChI is InChI=1S/C21H25Si.C10H11NSi.2ClH.Zr/c1-15(2)18-13-17-7-6-8-20(21(17)14-18)16-9-11-19(12-10-16)22(3,4)5;1-6-9-7-4-5-11-8(7)10(6)12(9,2)3;;;/h6-15H,1-5H3;4-5H,1-3H3;2*1H;/q;;;;+2/p-2. The van der Waals surface area contributed by atoms with Crippen LogP contribution in [-0.2, 0) is 24.7 Å². The van der Waals surface area contributed by atoms with E-state index in [0.29, 0.717) is 9.54 Å². The van der Waals surface area contributed by atoms with Crippen LogP contribution in [0.1, 0.15) is 35.5 Å². The molecule has 5 aliphatic rings. The minimum absolute atomic E-state index is 0. The van der Waals surface area contributed by atoms with E-state index in [1.54, 1.807) is 40.7 Å². The zero-order valence-electron chi connectivity index (χ0n) is 23.1. The van der Waals surface area contributed by atoms with Gasteiger partial charge in [0.05, 0.1) is 5.71 Å². The van der Waals surface area contributed by atoms with E-state index >= 15 is 0 Å². The van der Waals surface area contributed by atoms with Crippen LogP contribution in [-0.4, -0.2) is 21.9 Å². The largest absolute Gasteiger partial charge is 1.00 e. The summed E-state index contributed by atoms with van der Waals surface area (Å²) in [4.78, 5) is 4.42. The van der Waals surface area contributed by atoms with E-state index in [1.165, 1.54) is 44.3 Å². The Morgan fingerprint density at radius 2 is 1.59 bits per heavy atom. The molecular formula is C31H36Cl2NSi2Zr. The van der Waals surface area contributed by atoms with Crippen molar-refractivity contribution in [1.29, 1.82) is 0 Å². The van der Waals surface area contributed by atoms with Crippen molar-refractivity contribution in [3.05, 3.63) is 93.0 Å². The van der Waals surface area contributed by atoms with Crippen molar-refractivity contribution in [2.45, 2.75) is 57.1 Å². The predicted octanol–water partition coefficient (Wildman–Crippen LogP) is 1.93. The Balaban J connectivity index is 0.000000229. The molecule has 0 saturated heterocycles. The van der Waals surface area contributed by atoms with E-state index in [4.69, 9.17) is 0 Å². The zero-order chi connectivity index (χ0) is 25.3. The van der Waals surface area contributed by atoms with Gasteiger partial charge in [0, 0.05) is 11.8 Å². The number of hydrogen-bond acceptors (Lipinski definition) is 1. The molecule has 7 rings (SSSR count). The summed E-state index contributed by atoms with van der Waals surface area (Å²) in [5.41, 5.74) is 11.6. The van der Waals surface area contributed by atoms with Gasteiger partial charge in [-0.05, 0) is 29.0 Å². The van der Waals surface area contributed by atoms with Gasteiger partial charge in [-0.15, -0.1) is 0 Å². The summed E-state index contributed by atoms with van der Waals surface area (Å²) in [5, 5.41) is 4.80. The van der Waals surface area contributed by atoms with Crippen LogP contribution in [0.25, 0.3) is 17.2 Å². The first-order valence-electron chi connectivity index (χ1n) is 12.8. The minimum Gasteiger partial charge on any atom is -1.00 e. The second-order valence-electron chi connectivity index (χ2n) is 12.1. The molecule has 3 aliphatic heterocycles. The molecule has 1 nitrogen and oxygen atoms in total. The Bertz CT molecular complexity index is 1390. The van der Waals surface area contributed by atoms with Gasteiger partial charge in [0.2, 0.25) is 0 Å². The summed E-state index contributed by atoms with van der Waals surface area (Å²) >= 11 is 1.60. The maximum atomic E-state index is 4.42. The van der Waals surface area contributed by atoms with E-state index in [9.17, 15) is 0 Å². The number of fused-ring (bicyclic) bond motifs is 1. The minimum atomic E-state index is -1.22. The molecule has 2 aromatic carbocycles. The van der Waals surface area contributed by atoms with Gasteiger partial charge in [-0.2, -0.15) is 0 Å². The van der Waals surface area contributed by atoms with Crippen LogP contribution >= 0.6 is 0 Å². The molecule has 0 aromatic heterocycles. The average Bonchev–Trinajstić information content (AvgIpc) is 3.50. The van der Waals surface area contributed by atoms with Crippen molar-refractivity contribution in [3.8, 4) is 11.1 Å². The SMILES string of the molecule is CC(C)C1=Cc2c(-c3ccc([Si](C)(C)C)cc3)cccc2[CH]1[Zr+2].CC1=C2C3=NC=CC3=C1[Si]2(C)C.[Cl-].[Cl-]. The van der Waals surface area contributed by atoms with Gasteiger partial charge >= 0.3 is 157 Å². The monoisotopic (exact) mass is 638 g/mol. The van der Waals surface area contributed by atoms with Gasteiger partial charge < -0.3 is 24.8 Å². The van der Waals surface area contributed by atoms with Crippen molar-refractivity contribution in [2.24, 2.45) is 10.9 Å². The van der Waals surface area contributed by atoms with Gasteiger partial charge in [-0.25, -0.2) is 0 Å². The maximum absolute atomic E-state index is 4.42. The molecule has 3 heterocycles. The number of nitrogens with zero attached hydrogens (tertiary/aromatic N) is 1. The summed E-state index contributed by atoms with van der Waals surface area (Å²) in [7, 11) is -2.35. The fourth-order valence-corrected chi connectivity index (χ4v) is 12.9. The van der Waals surface area contributed by atoms with Gasteiger partial charge in [0.1, 0.15) is 8.07 Å². The van der Waals surface area contributed by atoms with Crippen molar-refractivity contribution < 1.29 is 49.5 Å². The molecule has 1 atom stereocenters. The fraction of sp³-hybridized carbons (Fsp3) is 0.323. The molecule has 0 radical (unpaired) electrons. The van der Waals surface area contributed by atoms with Crippen LogP contribution in [0.4, 0.5) is 0 Å². The number of rotatable bonds is 3. The maximum Gasteiger partial charge on any atom is 0.116 e. The summed E-state index contributed by atoms with van der Waals surface area (Å²) in [5.74, 6) is 0.633. The molecule has 37 heavy (non-hydrogen) atoms. The van der Waals surface area contributed by atoms with Crippen molar-refractivity contribution in [3.63, 3.8) is 0 Å². The molecule has 2 aliphatic carbocycles. The van der Waals surface area contributed by atoms with Crippen molar-refractivity contribution >= 4 is 33.1 Å². The summed E-state index contributed by atoms with van der Waals surface area (Å²) < 4.78 is 0.637. The molecule has 0 N–H and O–H groups in total. The molecule has 2 bridgehead atoms. The van der Waals surface area contributed by atoms with Crippen LogP contribution in [0.3, 0.4) is 0 Å². The molecule has 0 spiro atoms. The van der Waals surface area contributed by atoms with Gasteiger partial charge in [-0.1, -0.05) is 13.1 Å². The molecule has 0 fully saturated rings. The Kier molecular flexibility index (Phi) is 8.95. The number of aliphatic imine (C=N–C) groups is 1. The number of hydrogen-bond donors (Lipinski definition) is 0. The van der Waals surface area contributed by atoms with Gasteiger partial charge in [0.25, 0.3) is 0 Å². The average molecular weight is 641 g/mol. The summed E-state index contributed by atoms with van der Waals surface area (Å²) in [6.45, 7) is 18.9. The quantitative estimate of drug-likeness (QED) is 0.455. The van der Waals surface area contributed by atoms with Gasteiger partial charge in [-0.3, -0.25) is 4.99 Å². The van der Waals surface area contributed by atoms with E-state index < -0.39 is 16.1 Å². The van der Waals surface area contributed by atoms with E-state index in [0.717, 1.165) is 0 Å². The van der Waals surface area contributed by atoms with Crippen LogP contribution in [0.2, 0.25) is 32.7 Å². The second-order valence-corrected chi connectivity index (χ2v) is 22.8. The van der Waals surface area contributed by atoms with E-state index in [1.807, 2.05) is 6.20 Å². The molecule has 0 amide bonds. The molecule has 6 heteroatoms. The van der Waals surface area contributed by atoms with Gasteiger partial charge in [0.15, 0.2) is 0 Å². The third-order valence-corrected chi connectivity index (χ3v) is 15.4. The van der Waals surface area contributed by atoms with E-state index in [-0.39, 0.29) is 24.8 Å². The van der Waals surface area contributed by atoms with E-state index in [2.05, 4.69) is 113 Å². The number of halogens is 2. The number of benzene rings is 2. The normalized spacial score (nSPS) is 19.8. The molecule has 2 aromatic rings. The summed E-state index contributed by atoms with van der Waals surface area (Å²) in [6, 6.07) is 16.2. The first-order valence-corrected chi connectivity index (χ1v) is 20.7. The molecule has 0 saturated carbocycles. The Morgan fingerprint density at radius 3 is 2.14 bits per heavy atom. The fourth-order valence-electron chi connectivity index (χ4n) is 6.20. The Morgan fingerprint density at radius 1 is 0.946 bits per heavy atom. The van der Waals surface area contributed by atoms with Crippen molar-refractivity contribution in [2.75, 3.05) is 0 Å². The molecule has 191 valence electrons. The second kappa shape index (κ2) is 10.9. The zero-order valence-corrected chi connectivity index (χ0v) is 29.1.